The zero-order valence-corrected chi connectivity index (χ0v) is 19.1. The minimum Gasteiger partial charge on any atom is -0.335 e. The summed E-state index contributed by atoms with van der Waals surface area (Å²) in [4.78, 5) is 17.4. The van der Waals surface area contributed by atoms with Gasteiger partial charge in [0.2, 0.25) is 0 Å². The van der Waals surface area contributed by atoms with Crippen LogP contribution in [0.4, 0.5) is 4.79 Å². The molecule has 32 heavy (non-hydrogen) atoms. The Hall–Kier alpha value is -2.88. The summed E-state index contributed by atoms with van der Waals surface area (Å²) in [6, 6.07) is 19.6. The molecule has 0 saturated heterocycles. The summed E-state index contributed by atoms with van der Waals surface area (Å²) >= 11 is 0. The van der Waals surface area contributed by atoms with Crippen molar-refractivity contribution in [1.82, 2.24) is 10.6 Å². The summed E-state index contributed by atoms with van der Waals surface area (Å²) in [5, 5.41) is 6.20. The van der Waals surface area contributed by atoms with Crippen LogP contribution in [0.5, 0.6) is 0 Å². The second-order valence-corrected chi connectivity index (χ2v) is 9.14. The molecule has 0 spiro atoms. The van der Waals surface area contributed by atoms with E-state index in [0.717, 1.165) is 31.4 Å². The van der Waals surface area contributed by atoms with Crippen LogP contribution in [0.15, 0.2) is 65.7 Å². The van der Waals surface area contributed by atoms with E-state index in [-0.39, 0.29) is 12.1 Å². The first-order valence-corrected chi connectivity index (χ1v) is 12.1. The van der Waals surface area contributed by atoms with Gasteiger partial charge in [-0.1, -0.05) is 85.8 Å². The minimum atomic E-state index is -0.0719. The summed E-state index contributed by atoms with van der Waals surface area (Å²) < 4.78 is 0. The van der Waals surface area contributed by atoms with Crippen molar-refractivity contribution in [1.29, 1.82) is 0 Å². The van der Waals surface area contributed by atoms with Gasteiger partial charge in [-0.05, 0) is 55.4 Å². The lowest BCUT2D eigenvalue weighted by Gasteiger charge is -2.16. The number of aliphatic imine (C=N–C) groups is 1. The van der Waals surface area contributed by atoms with Gasteiger partial charge in [-0.15, -0.1) is 0 Å². The Bertz CT molecular complexity index is 938. The van der Waals surface area contributed by atoms with Crippen molar-refractivity contribution in [2.75, 3.05) is 6.54 Å². The van der Waals surface area contributed by atoms with E-state index in [4.69, 9.17) is 4.99 Å². The molecule has 1 saturated carbocycles. The fourth-order valence-corrected chi connectivity index (χ4v) is 4.69. The third-order valence-electron chi connectivity index (χ3n) is 6.56. The highest BCUT2D eigenvalue weighted by Gasteiger charge is 2.22. The summed E-state index contributed by atoms with van der Waals surface area (Å²) in [5.41, 5.74) is 6.04. The Kier molecular flexibility index (Phi) is 7.76. The van der Waals surface area contributed by atoms with Crippen molar-refractivity contribution < 1.29 is 4.79 Å². The van der Waals surface area contributed by atoms with E-state index in [1.54, 1.807) is 0 Å². The average molecular weight is 430 g/mol. The topological polar surface area (TPSA) is 53.5 Å². The molecule has 1 aliphatic carbocycles. The van der Waals surface area contributed by atoms with Gasteiger partial charge in [-0.2, -0.15) is 0 Å². The van der Waals surface area contributed by atoms with Gasteiger partial charge in [0.1, 0.15) is 0 Å². The first-order chi connectivity index (χ1) is 15.7. The van der Waals surface area contributed by atoms with Gasteiger partial charge in [0, 0.05) is 6.04 Å². The van der Waals surface area contributed by atoms with Crippen LogP contribution in [-0.4, -0.2) is 30.4 Å². The van der Waals surface area contributed by atoms with E-state index in [1.165, 1.54) is 47.9 Å². The van der Waals surface area contributed by atoms with Crippen LogP contribution in [0, 0.1) is 6.92 Å². The summed E-state index contributed by atoms with van der Waals surface area (Å²) in [5.74, 6) is 0. The highest BCUT2D eigenvalue weighted by Crippen LogP contribution is 2.29. The van der Waals surface area contributed by atoms with Gasteiger partial charge in [-0.3, -0.25) is 4.99 Å². The predicted octanol–water partition coefficient (Wildman–Crippen LogP) is 5.86. The van der Waals surface area contributed by atoms with Crippen LogP contribution in [-0.2, 0) is 6.42 Å². The van der Waals surface area contributed by atoms with Crippen molar-refractivity contribution in [2.24, 2.45) is 4.99 Å². The number of carbonyl (C=O) groups excluding carboxylic acids is 1. The zero-order valence-electron chi connectivity index (χ0n) is 19.1. The molecular weight excluding hydrogens is 394 g/mol. The Labute approximate surface area is 192 Å². The molecule has 1 aliphatic heterocycles. The number of aryl methyl sites for hydroxylation is 2. The van der Waals surface area contributed by atoms with Gasteiger partial charge < -0.3 is 10.6 Å². The first kappa shape index (κ1) is 22.3. The van der Waals surface area contributed by atoms with Gasteiger partial charge in [-0.25, -0.2) is 4.79 Å². The lowest BCUT2D eigenvalue weighted by Crippen LogP contribution is -2.43. The molecule has 1 heterocycles. The Morgan fingerprint density at radius 1 is 0.969 bits per heavy atom. The van der Waals surface area contributed by atoms with Gasteiger partial charge >= 0.3 is 6.03 Å². The molecule has 2 aromatic rings. The molecule has 0 radical (unpaired) electrons. The first-order valence-electron chi connectivity index (χ1n) is 12.1. The molecule has 4 heteroatoms. The molecule has 1 atom stereocenters. The number of benzene rings is 2. The number of rotatable bonds is 7. The second kappa shape index (κ2) is 11.1. The van der Waals surface area contributed by atoms with Crippen LogP contribution in [0.2, 0.25) is 0 Å². The molecule has 2 aromatic carbocycles. The smallest absolute Gasteiger partial charge is 0.315 e. The van der Waals surface area contributed by atoms with E-state index in [1.807, 2.05) is 6.07 Å². The summed E-state index contributed by atoms with van der Waals surface area (Å²) in [6.07, 6.45) is 11.3. The molecule has 2 aliphatic rings. The maximum Gasteiger partial charge on any atom is 0.315 e. The van der Waals surface area contributed by atoms with Gasteiger partial charge in [0.05, 0.1) is 18.3 Å². The van der Waals surface area contributed by atoms with Gasteiger partial charge in [0.15, 0.2) is 0 Å². The van der Waals surface area contributed by atoms with E-state index in [2.05, 4.69) is 72.2 Å². The van der Waals surface area contributed by atoms with Crippen LogP contribution in [0.3, 0.4) is 0 Å². The molecule has 1 unspecified atom stereocenters. The minimum absolute atomic E-state index is 0.0719. The van der Waals surface area contributed by atoms with Crippen molar-refractivity contribution >= 4 is 17.3 Å². The largest absolute Gasteiger partial charge is 0.335 e. The number of hydrogen-bond donors (Lipinski definition) is 2. The molecule has 2 amide bonds. The maximum absolute atomic E-state index is 12.5. The quantitative estimate of drug-likeness (QED) is 0.533. The molecule has 2 N–H and O–H groups in total. The molecule has 4 rings (SSSR count). The van der Waals surface area contributed by atoms with E-state index >= 15 is 0 Å². The average Bonchev–Trinajstić information content (AvgIpc) is 3.05. The summed E-state index contributed by atoms with van der Waals surface area (Å²) in [6.45, 7) is 2.59. The lowest BCUT2D eigenvalue weighted by molar-refractivity contribution is 0.237. The predicted molar refractivity (Wildman–Crippen MR) is 133 cm³/mol. The number of hydrogen-bond acceptors (Lipinski definition) is 2. The van der Waals surface area contributed by atoms with Crippen LogP contribution in [0.25, 0.3) is 5.57 Å². The fraction of sp³-hybridized carbons (Fsp3) is 0.429. The lowest BCUT2D eigenvalue weighted by atomic mass is 9.95. The van der Waals surface area contributed by atoms with Crippen LogP contribution >= 0.6 is 0 Å². The number of nitrogens with one attached hydrogen (secondary N) is 2. The molecule has 4 nitrogen and oxygen atoms in total. The van der Waals surface area contributed by atoms with E-state index in [0.29, 0.717) is 12.6 Å². The highest BCUT2D eigenvalue weighted by atomic mass is 16.2. The van der Waals surface area contributed by atoms with Crippen LogP contribution < -0.4 is 10.6 Å². The molecule has 0 bridgehead atoms. The maximum atomic E-state index is 12.5. The van der Waals surface area contributed by atoms with E-state index < -0.39 is 0 Å². The number of amides is 2. The summed E-state index contributed by atoms with van der Waals surface area (Å²) in [7, 11) is 0. The normalized spacial score (nSPS) is 19.1. The van der Waals surface area contributed by atoms with Crippen LogP contribution in [0.1, 0.15) is 61.6 Å². The van der Waals surface area contributed by atoms with Crippen molar-refractivity contribution in [3.8, 4) is 0 Å². The van der Waals surface area contributed by atoms with Crippen molar-refractivity contribution in [3.05, 3.63) is 77.4 Å². The molecule has 0 aromatic heterocycles. The van der Waals surface area contributed by atoms with Crippen molar-refractivity contribution in [2.45, 2.75) is 70.4 Å². The Morgan fingerprint density at radius 3 is 2.41 bits per heavy atom. The molecule has 1 fully saturated rings. The third-order valence-corrected chi connectivity index (χ3v) is 6.56. The number of carbonyl (C=O) groups is 1. The monoisotopic (exact) mass is 429 g/mol. The fourth-order valence-electron chi connectivity index (χ4n) is 4.69. The van der Waals surface area contributed by atoms with Crippen molar-refractivity contribution in [3.63, 3.8) is 0 Å². The SMILES string of the molecule is Cc1ccc(CCC2N=C(CNC(=O)NC3CCCCCC3)C=C2c2ccccc2)cc1. The molecular formula is C28H35N3O. The molecule has 168 valence electrons. The zero-order chi connectivity index (χ0) is 22.2. The number of urea groups is 1. The number of nitrogens with zero attached hydrogens (tertiary/aromatic N) is 1. The Balaban J connectivity index is 1.37. The highest BCUT2D eigenvalue weighted by molar-refractivity contribution is 6.07. The second-order valence-electron chi connectivity index (χ2n) is 9.14. The Morgan fingerprint density at radius 2 is 1.69 bits per heavy atom. The standard InChI is InChI=1S/C28H35N3O/c1-21-13-15-22(16-14-21)17-18-27-26(23-9-5-4-6-10-23)19-25(30-27)20-29-28(32)31-24-11-7-2-3-8-12-24/h4-6,9-10,13-16,19,24,27H,2-3,7-8,11-12,17-18,20H2,1H3,(H2,29,31,32). The third kappa shape index (κ3) is 6.32. The van der Waals surface area contributed by atoms with E-state index in [9.17, 15) is 4.79 Å². The van der Waals surface area contributed by atoms with Gasteiger partial charge in [0.25, 0.3) is 0 Å².